The number of nitrogens with one attached hydrogen (secondary N) is 1. The van der Waals surface area contributed by atoms with E-state index in [1.165, 1.54) is 35.1 Å². The predicted molar refractivity (Wildman–Crippen MR) is 105 cm³/mol. The third-order valence-corrected chi connectivity index (χ3v) is 4.02. The normalized spacial score (nSPS) is 14.4. The lowest BCUT2D eigenvalue weighted by molar-refractivity contribution is 0.582. The number of aryl methyl sites for hydroxylation is 1. The highest BCUT2D eigenvalue weighted by Crippen LogP contribution is 2.21. The van der Waals surface area contributed by atoms with Gasteiger partial charge in [0.15, 0.2) is 0 Å². The zero-order valence-electron chi connectivity index (χ0n) is 14.7. The summed E-state index contributed by atoms with van der Waals surface area (Å²) in [4.78, 5) is 0. The van der Waals surface area contributed by atoms with E-state index in [9.17, 15) is 0 Å². The fourth-order valence-corrected chi connectivity index (χ4v) is 2.62. The van der Waals surface area contributed by atoms with Gasteiger partial charge in [-0.25, -0.2) is 0 Å². The van der Waals surface area contributed by atoms with E-state index in [-0.39, 0.29) is 6.17 Å². The second-order valence-electron chi connectivity index (χ2n) is 6.09. The van der Waals surface area contributed by atoms with E-state index in [1.807, 2.05) is 25.2 Å². The van der Waals surface area contributed by atoms with Crippen LogP contribution in [0.15, 0.2) is 72.8 Å². The second-order valence-corrected chi connectivity index (χ2v) is 6.09. The van der Waals surface area contributed by atoms with Crippen LogP contribution in [0.25, 0.3) is 5.57 Å². The first-order valence-electron chi connectivity index (χ1n) is 8.59. The molecule has 1 unspecified atom stereocenters. The summed E-state index contributed by atoms with van der Waals surface area (Å²) in [7, 11) is 1.87. The van der Waals surface area contributed by atoms with Crippen molar-refractivity contribution < 1.29 is 0 Å². The lowest BCUT2D eigenvalue weighted by Gasteiger charge is -2.08. The van der Waals surface area contributed by atoms with E-state index in [2.05, 4.69) is 66.9 Å². The van der Waals surface area contributed by atoms with Crippen molar-refractivity contribution in [2.75, 3.05) is 7.05 Å². The summed E-state index contributed by atoms with van der Waals surface area (Å²) in [5, 5.41) is 2.99. The van der Waals surface area contributed by atoms with Crippen molar-refractivity contribution in [2.24, 2.45) is 5.73 Å². The molecule has 0 radical (unpaired) electrons. The molecule has 2 nitrogen and oxygen atoms in total. The van der Waals surface area contributed by atoms with E-state index in [1.54, 1.807) is 0 Å². The minimum absolute atomic E-state index is 0.0670. The Kier molecular flexibility index (Phi) is 7.47. The minimum Gasteiger partial charge on any atom is -0.316 e. The van der Waals surface area contributed by atoms with Gasteiger partial charge in [0.2, 0.25) is 0 Å². The molecule has 1 aliphatic rings. The van der Waals surface area contributed by atoms with Gasteiger partial charge in [-0.3, -0.25) is 0 Å². The summed E-state index contributed by atoms with van der Waals surface area (Å²) in [5.74, 6) is 0. The summed E-state index contributed by atoms with van der Waals surface area (Å²) < 4.78 is 0. The van der Waals surface area contributed by atoms with E-state index >= 15 is 0 Å². The Hall–Kier alpha value is -2.16. The van der Waals surface area contributed by atoms with Gasteiger partial charge in [-0.1, -0.05) is 78.4 Å². The molecule has 0 aromatic heterocycles. The van der Waals surface area contributed by atoms with Crippen molar-refractivity contribution in [1.29, 1.82) is 0 Å². The highest BCUT2D eigenvalue weighted by atomic mass is 15.0. The number of hydrogen-bond acceptors (Lipinski definition) is 2. The van der Waals surface area contributed by atoms with Gasteiger partial charge >= 0.3 is 0 Å². The number of hydrogen-bond donors (Lipinski definition) is 2. The van der Waals surface area contributed by atoms with Crippen LogP contribution in [0.5, 0.6) is 0 Å². The maximum atomic E-state index is 5.69. The van der Waals surface area contributed by atoms with Crippen molar-refractivity contribution in [3.63, 3.8) is 0 Å². The second kappa shape index (κ2) is 9.86. The van der Waals surface area contributed by atoms with Crippen LogP contribution < -0.4 is 11.1 Å². The van der Waals surface area contributed by atoms with Crippen LogP contribution in [-0.4, -0.2) is 13.2 Å². The van der Waals surface area contributed by atoms with Crippen molar-refractivity contribution in [3.8, 4) is 0 Å². The molecular weight excluding hydrogens is 292 g/mol. The van der Waals surface area contributed by atoms with Crippen LogP contribution in [0, 0.1) is 6.92 Å². The van der Waals surface area contributed by atoms with Crippen molar-refractivity contribution >= 4 is 5.57 Å². The highest BCUT2D eigenvalue weighted by Gasteiger charge is 2.00. The zero-order valence-corrected chi connectivity index (χ0v) is 14.7. The molecular formula is C22H28N2. The average Bonchev–Trinajstić information content (AvgIpc) is 2.64. The van der Waals surface area contributed by atoms with Gasteiger partial charge < -0.3 is 11.1 Å². The largest absolute Gasteiger partial charge is 0.316 e. The number of benzene rings is 2. The number of likely N-dealkylation sites (N-methyl/N-ethyl adjacent to an activating group) is 1. The molecule has 0 heterocycles. The first-order chi connectivity index (χ1) is 11.7. The standard InChI is InChI=1S/C13H14.C9H14N2/c1-11-6-5-9-13(10-11)12-7-3-2-4-8-12;1-11-9(10)7-8-5-3-2-4-6-8/h3,5-10H,2,4H2,1H3;2-6,9,11H,7,10H2,1H3. The maximum Gasteiger partial charge on any atom is 0.0585 e. The molecule has 1 aliphatic carbocycles. The van der Waals surface area contributed by atoms with Crippen molar-refractivity contribution in [3.05, 3.63) is 89.5 Å². The Morgan fingerprint density at radius 1 is 1.04 bits per heavy atom. The van der Waals surface area contributed by atoms with E-state index in [4.69, 9.17) is 5.73 Å². The van der Waals surface area contributed by atoms with Crippen LogP contribution in [0.4, 0.5) is 0 Å². The molecule has 24 heavy (non-hydrogen) atoms. The van der Waals surface area contributed by atoms with E-state index in [0.717, 1.165) is 6.42 Å². The molecule has 0 spiro atoms. The topological polar surface area (TPSA) is 38.0 Å². The summed E-state index contributed by atoms with van der Waals surface area (Å²) in [6.45, 7) is 2.14. The summed E-state index contributed by atoms with van der Waals surface area (Å²) in [6, 6.07) is 18.9. The first-order valence-corrected chi connectivity index (χ1v) is 8.59. The molecule has 1 atom stereocenters. The third-order valence-electron chi connectivity index (χ3n) is 4.02. The SMILES string of the molecule is CNC(N)Cc1ccccc1.Cc1cccc(C2=CCCC=C2)c1. The monoisotopic (exact) mass is 320 g/mol. The number of allylic oxidation sites excluding steroid dienone is 4. The van der Waals surface area contributed by atoms with Crippen molar-refractivity contribution in [1.82, 2.24) is 5.32 Å². The van der Waals surface area contributed by atoms with E-state index < -0.39 is 0 Å². The molecule has 2 aromatic rings. The molecule has 0 bridgehead atoms. The van der Waals surface area contributed by atoms with E-state index in [0.29, 0.717) is 0 Å². The zero-order chi connectivity index (χ0) is 17.2. The van der Waals surface area contributed by atoms with Crippen LogP contribution in [0.2, 0.25) is 0 Å². The Morgan fingerprint density at radius 3 is 2.46 bits per heavy atom. The van der Waals surface area contributed by atoms with Gasteiger partial charge in [-0.2, -0.15) is 0 Å². The molecule has 2 heteroatoms. The van der Waals surface area contributed by atoms with Gasteiger partial charge in [0, 0.05) is 6.42 Å². The molecule has 3 N–H and O–H groups in total. The Labute approximate surface area is 146 Å². The molecule has 0 aliphatic heterocycles. The average molecular weight is 320 g/mol. The Morgan fingerprint density at radius 2 is 1.83 bits per heavy atom. The summed E-state index contributed by atoms with van der Waals surface area (Å²) >= 11 is 0. The quantitative estimate of drug-likeness (QED) is 0.816. The fraction of sp³-hybridized carbons (Fsp3) is 0.273. The van der Waals surface area contributed by atoms with Crippen LogP contribution in [0.3, 0.4) is 0 Å². The molecule has 2 aromatic carbocycles. The molecule has 126 valence electrons. The third kappa shape index (κ3) is 6.15. The molecule has 3 rings (SSSR count). The van der Waals surface area contributed by atoms with Crippen LogP contribution in [0.1, 0.15) is 29.5 Å². The van der Waals surface area contributed by atoms with Gasteiger partial charge in [-0.05, 0) is 43.5 Å². The number of nitrogens with two attached hydrogens (primary N) is 1. The Balaban J connectivity index is 0.000000177. The number of rotatable bonds is 4. The molecule has 0 fully saturated rings. The fourth-order valence-electron chi connectivity index (χ4n) is 2.62. The first kappa shape index (κ1) is 18.2. The minimum atomic E-state index is 0.0670. The molecule has 0 saturated carbocycles. The van der Waals surface area contributed by atoms with Gasteiger partial charge in [0.1, 0.15) is 0 Å². The lowest BCUT2D eigenvalue weighted by Crippen LogP contribution is -2.36. The van der Waals surface area contributed by atoms with Crippen molar-refractivity contribution in [2.45, 2.75) is 32.4 Å². The summed E-state index contributed by atoms with van der Waals surface area (Å²) in [5.41, 5.74) is 11.0. The molecule has 0 saturated heterocycles. The van der Waals surface area contributed by atoms with Crippen LogP contribution in [-0.2, 0) is 6.42 Å². The maximum absolute atomic E-state index is 5.69. The lowest BCUT2D eigenvalue weighted by atomic mass is 9.98. The smallest absolute Gasteiger partial charge is 0.0585 e. The predicted octanol–water partition coefficient (Wildman–Crippen LogP) is 4.46. The Bertz CT molecular complexity index is 671. The van der Waals surface area contributed by atoms with Gasteiger partial charge in [0.25, 0.3) is 0 Å². The highest BCUT2D eigenvalue weighted by molar-refractivity contribution is 5.74. The van der Waals surface area contributed by atoms with Gasteiger partial charge in [0.05, 0.1) is 6.17 Å². The van der Waals surface area contributed by atoms with Crippen LogP contribution >= 0.6 is 0 Å². The van der Waals surface area contributed by atoms with Gasteiger partial charge in [-0.15, -0.1) is 0 Å². The molecule has 0 amide bonds. The summed E-state index contributed by atoms with van der Waals surface area (Å²) in [6.07, 6.45) is 10.1.